The molecule has 2 atom stereocenters. The molecule has 0 aromatic heterocycles. The van der Waals surface area contributed by atoms with Crippen LogP contribution in [0.15, 0.2) is 24.3 Å². The fraction of sp³-hybridized carbons (Fsp3) is 0.600. The van der Waals surface area contributed by atoms with E-state index in [1.165, 1.54) is 12.0 Å². The van der Waals surface area contributed by atoms with Gasteiger partial charge in [-0.05, 0) is 43.5 Å². The molecule has 1 heterocycles. The number of ether oxygens (including phenoxy) is 1. The van der Waals surface area contributed by atoms with Gasteiger partial charge in [-0.3, -0.25) is 4.90 Å². The normalized spacial score (nSPS) is 25.1. The van der Waals surface area contributed by atoms with Crippen molar-refractivity contribution in [2.45, 2.75) is 26.3 Å². The van der Waals surface area contributed by atoms with E-state index < -0.39 is 0 Å². The summed E-state index contributed by atoms with van der Waals surface area (Å²) in [5.74, 6) is 1.61. The first-order chi connectivity index (χ1) is 8.65. The Labute approximate surface area is 110 Å². The van der Waals surface area contributed by atoms with Gasteiger partial charge in [-0.1, -0.05) is 19.1 Å². The average Bonchev–Trinajstić information content (AvgIpc) is 2.34. The van der Waals surface area contributed by atoms with Crippen molar-refractivity contribution in [3.8, 4) is 5.75 Å². The smallest absolute Gasteiger partial charge is 0.119 e. The van der Waals surface area contributed by atoms with Crippen LogP contribution in [0.2, 0.25) is 0 Å². The van der Waals surface area contributed by atoms with E-state index in [1.54, 1.807) is 0 Å². The highest BCUT2D eigenvalue weighted by Gasteiger charge is 2.22. The maximum Gasteiger partial charge on any atom is 0.119 e. The van der Waals surface area contributed by atoms with Crippen molar-refractivity contribution in [1.29, 1.82) is 0 Å². The lowest BCUT2D eigenvalue weighted by molar-refractivity contribution is 0.143. The molecule has 3 heteroatoms. The van der Waals surface area contributed by atoms with Gasteiger partial charge in [0.2, 0.25) is 0 Å². The number of piperidine rings is 1. The van der Waals surface area contributed by atoms with Gasteiger partial charge in [-0.25, -0.2) is 0 Å². The summed E-state index contributed by atoms with van der Waals surface area (Å²) in [5.41, 5.74) is 7.33. The van der Waals surface area contributed by atoms with Gasteiger partial charge in [0.05, 0.1) is 0 Å². The van der Waals surface area contributed by atoms with Crippen LogP contribution in [0.3, 0.4) is 0 Å². The first-order valence-electron chi connectivity index (χ1n) is 6.82. The molecule has 3 nitrogen and oxygen atoms in total. The average molecular weight is 248 g/mol. The van der Waals surface area contributed by atoms with Crippen LogP contribution in [-0.2, 0) is 0 Å². The fourth-order valence-corrected chi connectivity index (χ4v) is 2.37. The van der Waals surface area contributed by atoms with Crippen molar-refractivity contribution in [2.24, 2.45) is 11.7 Å². The van der Waals surface area contributed by atoms with Crippen LogP contribution in [-0.4, -0.2) is 37.2 Å². The highest BCUT2D eigenvalue weighted by molar-refractivity contribution is 5.27. The third kappa shape index (κ3) is 3.72. The minimum atomic E-state index is 0.317. The summed E-state index contributed by atoms with van der Waals surface area (Å²) in [6.07, 6.45) is 1.20. The summed E-state index contributed by atoms with van der Waals surface area (Å²) >= 11 is 0. The second kappa shape index (κ2) is 6.21. The van der Waals surface area contributed by atoms with E-state index in [0.717, 1.165) is 32.0 Å². The molecular weight excluding hydrogens is 224 g/mol. The highest BCUT2D eigenvalue weighted by atomic mass is 16.5. The third-order valence-electron chi connectivity index (χ3n) is 3.77. The van der Waals surface area contributed by atoms with Crippen LogP contribution < -0.4 is 10.5 Å². The largest absolute Gasteiger partial charge is 0.492 e. The van der Waals surface area contributed by atoms with Crippen molar-refractivity contribution < 1.29 is 4.74 Å². The van der Waals surface area contributed by atoms with Crippen LogP contribution in [0.4, 0.5) is 0 Å². The molecule has 1 aliphatic rings. The van der Waals surface area contributed by atoms with Gasteiger partial charge in [0.15, 0.2) is 0 Å². The van der Waals surface area contributed by atoms with Crippen LogP contribution >= 0.6 is 0 Å². The van der Waals surface area contributed by atoms with Crippen molar-refractivity contribution in [3.05, 3.63) is 29.8 Å². The molecule has 0 saturated carbocycles. The number of hydrogen-bond acceptors (Lipinski definition) is 3. The summed E-state index contributed by atoms with van der Waals surface area (Å²) in [4.78, 5) is 2.40. The molecule has 0 radical (unpaired) electrons. The molecule has 18 heavy (non-hydrogen) atoms. The second-order valence-electron chi connectivity index (χ2n) is 5.40. The molecule has 0 amide bonds. The van der Waals surface area contributed by atoms with Crippen molar-refractivity contribution in [3.63, 3.8) is 0 Å². The maximum atomic E-state index is 6.09. The monoisotopic (exact) mass is 248 g/mol. The molecular formula is C15H24N2O. The number of nitrogens with zero attached hydrogens (tertiary/aromatic N) is 1. The summed E-state index contributed by atoms with van der Waals surface area (Å²) in [7, 11) is 0. The lowest BCUT2D eigenvalue weighted by Crippen LogP contribution is -2.48. The standard InChI is InChI=1S/C15H24N2O/c1-12-4-3-5-14(10-12)18-9-8-17-7-6-13(2)15(16)11-17/h3-5,10,13,15H,6-9,11,16H2,1-2H3. The summed E-state index contributed by atoms with van der Waals surface area (Å²) in [6.45, 7) is 8.17. The lowest BCUT2D eigenvalue weighted by atomic mass is 9.94. The molecule has 0 spiro atoms. The third-order valence-corrected chi connectivity index (χ3v) is 3.77. The van der Waals surface area contributed by atoms with E-state index >= 15 is 0 Å². The molecule has 2 rings (SSSR count). The van der Waals surface area contributed by atoms with Gasteiger partial charge in [-0.15, -0.1) is 0 Å². The first-order valence-corrected chi connectivity index (χ1v) is 6.82. The van der Waals surface area contributed by atoms with Crippen LogP contribution in [0.25, 0.3) is 0 Å². The van der Waals surface area contributed by atoms with Crippen molar-refractivity contribution in [1.82, 2.24) is 4.90 Å². The van der Waals surface area contributed by atoms with E-state index in [4.69, 9.17) is 10.5 Å². The van der Waals surface area contributed by atoms with Gasteiger partial charge in [0, 0.05) is 19.1 Å². The van der Waals surface area contributed by atoms with Crippen molar-refractivity contribution >= 4 is 0 Å². The Kier molecular flexibility index (Phi) is 4.61. The Morgan fingerprint density at radius 3 is 3.00 bits per heavy atom. The number of nitrogens with two attached hydrogens (primary N) is 1. The number of hydrogen-bond donors (Lipinski definition) is 1. The molecule has 1 fully saturated rings. The quantitative estimate of drug-likeness (QED) is 0.886. The van der Waals surface area contributed by atoms with Crippen LogP contribution in [0.1, 0.15) is 18.9 Å². The number of benzene rings is 1. The van der Waals surface area contributed by atoms with Gasteiger partial charge in [0.25, 0.3) is 0 Å². The predicted octanol–water partition coefficient (Wildman–Crippen LogP) is 2.04. The number of aryl methyl sites for hydroxylation is 1. The van der Waals surface area contributed by atoms with E-state index in [-0.39, 0.29) is 0 Å². The van der Waals surface area contributed by atoms with E-state index in [2.05, 4.69) is 30.9 Å². The minimum absolute atomic E-state index is 0.317. The number of likely N-dealkylation sites (tertiary alicyclic amines) is 1. The zero-order valence-electron chi connectivity index (χ0n) is 11.4. The van der Waals surface area contributed by atoms with Crippen LogP contribution in [0, 0.1) is 12.8 Å². The van der Waals surface area contributed by atoms with E-state index in [1.807, 2.05) is 12.1 Å². The zero-order valence-corrected chi connectivity index (χ0v) is 11.4. The molecule has 1 aromatic rings. The Bertz CT molecular complexity index is 381. The van der Waals surface area contributed by atoms with Gasteiger partial charge < -0.3 is 10.5 Å². The molecule has 2 N–H and O–H groups in total. The molecule has 1 aliphatic heterocycles. The zero-order chi connectivity index (χ0) is 13.0. The summed E-state index contributed by atoms with van der Waals surface area (Å²) in [6, 6.07) is 8.51. The Balaban J connectivity index is 1.72. The minimum Gasteiger partial charge on any atom is -0.492 e. The maximum absolute atomic E-state index is 6.09. The molecule has 1 saturated heterocycles. The highest BCUT2D eigenvalue weighted by Crippen LogP contribution is 2.16. The Morgan fingerprint density at radius 1 is 1.44 bits per heavy atom. The fourth-order valence-electron chi connectivity index (χ4n) is 2.37. The second-order valence-corrected chi connectivity index (χ2v) is 5.40. The molecule has 1 aromatic carbocycles. The lowest BCUT2D eigenvalue weighted by Gasteiger charge is -2.34. The van der Waals surface area contributed by atoms with Gasteiger partial charge in [0.1, 0.15) is 12.4 Å². The SMILES string of the molecule is Cc1cccc(OCCN2CCC(C)C(N)C2)c1. The van der Waals surface area contributed by atoms with Crippen LogP contribution in [0.5, 0.6) is 5.75 Å². The summed E-state index contributed by atoms with van der Waals surface area (Å²) < 4.78 is 5.77. The number of rotatable bonds is 4. The van der Waals surface area contributed by atoms with Crippen molar-refractivity contribution in [2.75, 3.05) is 26.2 Å². The topological polar surface area (TPSA) is 38.5 Å². The first kappa shape index (κ1) is 13.4. The van der Waals surface area contributed by atoms with E-state index in [0.29, 0.717) is 12.0 Å². The Morgan fingerprint density at radius 2 is 2.28 bits per heavy atom. The molecule has 2 unspecified atom stereocenters. The molecule has 0 aliphatic carbocycles. The molecule has 100 valence electrons. The van der Waals surface area contributed by atoms with Gasteiger partial charge >= 0.3 is 0 Å². The Hall–Kier alpha value is -1.06. The predicted molar refractivity (Wildman–Crippen MR) is 74.9 cm³/mol. The molecule has 0 bridgehead atoms. The summed E-state index contributed by atoms with van der Waals surface area (Å²) in [5, 5.41) is 0. The van der Waals surface area contributed by atoms with E-state index in [9.17, 15) is 0 Å². The van der Waals surface area contributed by atoms with Gasteiger partial charge in [-0.2, -0.15) is 0 Å².